The molecule has 0 atom stereocenters. The Morgan fingerprint density at radius 3 is 3.10 bits per heavy atom. The maximum absolute atomic E-state index is 11.7. The van der Waals surface area contributed by atoms with Gasteiger partial charge in [-0.2, -0.15) is 5.10 Å². The number of aromatic amines is 1. The van der Waals surface area contributed by atoms with E-state index in [2.05, 4.69) is 32.0 Å². The molecule has 2 aromatic heterocycles. The van der Waals surface area contributed by atoms with E-state index in [1.54, 1.807) is 6.33 Å². The van der Waals surface area contributed by atoms with E-state index in [9.17, 15) is 4.79 Å². The number of esters is 1. The zero-order chi connectivity index (χ0) is 14.8. The Kier molecular flexibility index (Phi) is 3.55. The summed E-state index contributed by atoms with van der Waals surface area (Å²) >= 11 is 0. The van der Waals surface area contributed by atoms with Gasteiger partial charge in [-0.3, -0.25) is 5.10 Å². The average molecular weight is 287 g/mol. The van der Waals surface area contributed by atoms with E-state index in [4.69, 9.17) is 4.74 Å². The van der Waals surface area contributed by atoms with Crippen LogP contribution in [-0.4, -0.2) is 39.8 Å². The highest BCUT2D eigenvalue weighted by Crippen LogP contribution is 2.24. The number of rotatable bonds is 3. The Bertz CT molecular complexity index is 667. The number of nitrogens with zero attached hydrogens (tertiary/aromatic N) is 4. The van der Waals surface area contributed by atoms with Gasteiger partial charge < -0.3 is 9.64 Å². The fourth-order valence-electron chi connectivity index (χ4n) is 2.51. The number of nitrogens with one attached hydrogen (secondary N) is 1. The average Bonchev–Trinajstić information content (AvgIpc) is 2.97. The minimum Gasteiger partial charge on any atom is -0.464 e. The van der Waals surface area contributed by atoms with Gasteiger partial charge in [0.2, 0.25) is 0 Å². The SMILES string of the molecule is CCc1cc(N2CCc3[nH]nc(C(=O)OC)c3C2)ncn1. The molecule has 7 heteroatoms. The van der Waals surface area contributed by atoms with Gasteiger partial charge in [0.15, 0.2) is 5.69 Å². The Balaban J connectivity index is 1.89. The van der Waals surface area contributed by atoms with Crippen molar-refractivity contribution >= 4 is 11.8 Å². The fourth-order valence-corrected chi connectivity index (χ4v) is 2.51. The number of anilines is 1. The molecule has 0 spiro atoms. The molecule has 0 saturated heterocycles. The summed E-state index contributed by atoms with van der Waals surface area (Å²) < 4.78 is 4.77. The second-order valence-electron chi connectivity index (χ2n) is 4.91. The first kappa shape index (κ1) is 13.5. The van der Waals surface area contributed by atoms with Gasteiger partial charge in [0.25, 0.3) is 0 Å². The number of carbonyl (C=O) groups is 1. The van der Waals surface area contributed by atoms with Crippen molar-refractivity contribution in [2.75, 3.05) is 18.6 Å². The minimum atomic E-state index is -0.411. The number of carbonyl (C=O) groups excluding carboxylic acids is 1. The molecule has 3 rings (SSSR count). The number of hydrogen-bond donors (Lipinski definition) is 1. The predicted octanol–water partition coefficient (Wildman–Crippen LogP) is 1.11. The molecule has 1 N–H and O–H groups in total. The summed E-state index contributed by atoms with van der Waals surface area (Å²) in [5.41, 5.74) is 3.26. The van der Waals surface area contributed by atoms with Crippen molar-refractivity contribution in [2.24, 2.45) is 0 Å². The van der Waals surface area contributed by atoms with Crippen LogP contribution in [-0.2, 0) is 24.1 Å². The lowest BCUT2D eigenvalue weighted by atomic mass is 10.1. The van der Waals surface area contributed by atoms with Crippen LogP contribution in [0.2, 0.25) is 0 Å². The van der Waals surface area contributed by atoms with Crippen molar-refractivity contribution < 1.29 is 9.53 Å². The summed E-state index contributed by atoms with van der Waals surface area (Å²) in [5, 5.41) is 7.00. The van der Waals surface area contributed by atoms with Crippen LogP contribution in [0.25, 0.3) is 0 Å². The molecule has 1 aliphatic heterocycles. The Hall–Kier alpha value is -2.44. The maximum atomic E-state index is 11.7. The molecule has 2 aromatic rings. The smallest absolute Gasteiger partial charge is 0.358 e. The molecule has 0 bridgehead atoms. The largest absolute Gasteiger partial charge is 0.464 e. The summed E-state index contributed by atoms with van der Waals surface area (Å²) in [6.45, 7) is 3.48. The van der Waals surface area contributed by atoms with Crippen molar-refractivity contribution in [1.82, 2.24) is 20.2 Å². The fraction of sp³-hybridized carbons (Fsp3) is 0.429. The van der Waals surface area contributed by atoms with Crippen molar-refractivity contribution in [3.63, 3.8) is 0 Å². The molecule has 0 unspecified atom stereocenters. The molecular weight excluding hydrogens is 270 g/mol. The number of methoxy groups -OCH3 is 1. The molecule has 0 saturated carbocycles. The van der Waals surface area contributed by atoms with Crippen LogP contribution in [0.1, 0.15) is 34.4 Å². The van der Waals surface area contributed by atoms with Gasteiger partial charge in [0.1, 0.15) is 12.1 Å². The maximum Gasteiger partial charge on any atom is 0.358 e. The van der Waals surface area contributed by atoms with Crippen LogP contribution in [0.15, 0.2) is 12.4 Å². The zero-order valence-electron chi connectivity index (χ0n) is 12.1. The summed E-state index contributed by atoms with van der Waals surface area (Å²) in [6, 6.07) is 1.99. The lowest BCUT2D eigenvalue weighted by Gasteiger charge is -2.28. The molecule has 3 heterocycles. The molecule has 0 radical (unpaired) electrons. The van der Waals surface area contributed by atoms with Gasteiger partial charge in [-0.25, -0.2) is 14.8 Å². The highest BCUT2D eigenvalue weighted by atomic mass is 16.5. The molecule has 21 heavy (non-hydrogen) atoms. The second-order valence-corrected chi connectivity index (χ2v) is 4.91. The number of fused-ring (bicyclic) bond motifs is 1. The van der Waals surface area contributed by atoms with Crippen molar-refractivity contribution in [3.8, 4) is 0 Å². The van der Waals surface area contributed by atoms with Crippen LogP contribution in [0, 0.1) is 0 Å². The summed E-state index contributed by atoms with van der Waals surface area (Å²) in [6.07, 6.45) is 3.25. The van der Waals surface area contributed by atoms with Gasteiger partial charge in [-0.1, -0.05) is 6.92 Å². The van der Waals surface area contributed by atoms with Crippen molar-refractivity contribution in [2.45, 2.75) is 26.3 Å². The molecule has 0 aromatic carbocycles. The highest BCUT2D eigenvalue weighted by Gasteiger charge is 2.26. The van der Waals surface area contributed by atoms with Crippen LogP contribution >= 0.6 is 0 Å². The number of hydrogen-bond acceptors (Lipinski definition) is 6. The third-order valence-corrected chi connectivity index (χ3v) is 3.71. The lowest BCUT2D eigenvalue weighted by Crippen LogP contribution is -2.31. The molecule has 7 nitrogen and oxygen atoms in total. The monoisotopic (exact) mass is 287 g/mol. The molecule has 1 aliphatic rings. The van der Waals surface area contributed by atoms with Gasteiger partial charge in [0.05, 0.1) is 7.11 Å². The van der Waals surface area contributed by atoms with E-state index < -0.39 is 5.97 Å². The number of H-pyrrole nitrogens is 1. The molecule has 0 amide bonds. The quantitative estimate of drug-likeness (QED) is 0.851. The molecule has 0 aliphatic carbocycles. The lowest BCUT2D eigenvalue weighted by molar-refractivity contribution is 0.0592. The number of aromatic nitrogens is 4. The third-order valence-electron chi connectivity index (χ3n) is 3.71. The summed E-state index contributed by atoms with van der Waals surface area (Å²) in [7, 11) is 1.36. The standard InChI is InChI=1S/C14H17N5O2/c1-3-9-6-12(16-8-15-9)19-5-4-11-10(7-19)13(18-17-11)14(20)21-2/h6,8H,3-5,7H2,1-2H3,(H,17,18). The zero-order valence-corrected chi connectivity index (χ0v) is 12.1. The van der Waals surface area contributed by atoms with E-state index in [-0.39, 0.29) is 0 Å². The first-order chi connectivity index (χ1) is 10.2. The summed E-state index contributed by atoms with van der Waals surface area (Å²) in [5.74, 6) is 0.468. The van der Waals surface area contributed by atoms with Crippen LogP contribution in [0.4, 0.5) is 5.82 Å². The van der Waals surface area contributed by atoms with Gasteiger partial charge in [-0.15, -0.1) is 0 Å². The van der Waals surface area contributed by atoms with Gasteiger partial charge in [0, 0.05) is 42.5 Å². The molecular formula is C14H17N5O2. The van der Waals surface area contributed by atoms with E-state index in [1.807, 2.05) is 6.07 Å². The predicted molar refractivity (Wildman–Crippen MR) is 76.1 cm³/mol. The molecule has 0 fully saturated rings. The molecule has 110 valence electrons. The van der Waals surface area contributed by atoms with Crippen molar-refractivity contribution in [1.29, 1.82) is 0 Å². The van der Waals surface area contributed by atoms with Crippen molar-refractivity contribution in [3.05, 3.63) is 35.0 Å². The third kappa shape index (κ3) is 2.46. The van der Waals surface area contributed by atoms with Crippen LogP contribution < -0.4 is 4.90 Å². The normalized spacial score (nSPS) is 13.9. The van der Waals surface area contributed by atoms with Gasteiger partial charge in [-0.05, 0) is 6.42 Å². The Labute approximate surface area is 122 Å². The Morgan fingerprint density at radius 1 is 1.48 bits per heavy atom. The first-order valence-corrected chi connectivity index (χ1v) is 6.93. The topological polar surface area (TPSA) is 84.0 Å². The minimum absolute atomic E-state index is 0.363. The van der Waals surface area contributed by atoms with Crippen LogP contribution in [0.5, 0.6) is 0 Å². The summed E-state index contributed by atoms with van der Waals surface area (Å²) in [4.78, 5) is 22.4. The Morgan fingerprint density at radius 2 is 2.33 bits per heavy atom. The van der Waals surface area contributed by atoms with Crippen LogP contribution in [0.3, 0.4) is 0 Å². The number of aryl methyl sites for hydroxylation is 1. The van der Waals surface area contributed by atoms with E-state index in [1.165, 1.54) is 7.11 Å². The van der Waals surface area contributed by atoms with E-state index in [0.29, 0.717) is 12.2 Å². The van der Waals surface area contributed by atoms with E-state index >= 15 is 0 Å². The highest BCUT2D eigenvalue weighted by molar-refractivity contribution is 5.89. The first-order valence-electron chi connectivity index (χ1n) is 6.93. The van der Waals surface area contributed by atoms with E-state index in [0.717, 1.165) is 42.2 Å². The van der Waals surface area contributed by atoms with Gasteiger partial charge >= 0.3 is 5.97 Å². The second kappa shape index (κ2) is 5.51. The number of ether oxygens (including phenoxy) is 1.